The van der Waals surface area contributed by atoms with E-state index >= 15 is 0 Å². The number of nitrogens with one attached hydrogen (secondary N) is 2. The molecule has 1 amide bonds. The zero-order valence-electron chi connectivity index (χ0n) is 16.0. The summed E-state index contributed by atoms with van der Waals surface area (Å²) in [6.45, 7) is 7.46. The first-order valence-corrected chi connectivity index (χ1v) is 9.23. The van der Waals surface area contributed by atoms with E-state index in [4.69, 9.17) is 15.9 Å². The van der Waals surface area contributed by atoms with Crippen LogP contribution in [0.4, 0.5) is 5.69 Å². The molecule has 0 spiro atoms. The molecule has 1 saturated heterocycles. The fourth-order valence-electron chi connectivity index (χ4n) is 2.90. The number of amides is 1. The van der Waals surface area contributed by atoms with Crippen molar-refractivity contribution < 1.29 is 14.3 Å². The molecule has 0 unspecified atom stereocenters. The lowest BCUT2D eigenvalue weighted by Crippen LogP contribution is -2.49. The van der Waals surface area contributed by atoms with Crippen molar-refractivity contribution in [2.24, 2.45) is 5.73 Å². The van der Waals surface area contributed by atoms with Crippen molar-refractivity contribution in [1.82, 2.24) is 10.2 Å². The van der Waals surface area contributed by atoms with E-state index in [1.54, 1.807) is 13.8 Å². The van der Waals surface area contributed by atoms with Crippen LogP contribution in [-0.2, 0) is 14.3 Å². The molecular weight excluding hydrogens is 346 g/mol. The van der Waals surface area contributed by atoms with Crippen molar-refractivity contribution in [2.75, 3.05) is 44.2 Å². The molecule has 8 heteroatoms. The summed E-state index contributed by atoms with van der Waals surface area (Å²) >= 11 is 0. The monoisotopic (exact) mass is 375 g/mol. The molecule has 1 aliphatic rings. The number of amidine groups is 1. The number of nitrogen functional groups attached to an aromatic ring is 1. The highest BCUT2D eigenvalue weighted by molar-refractivity contribution is 5.95. The van der Waals surface area contributed by atoms with Crippen molar-refractivity contribution in [3.63, 3.8) is 0 Å². The predicted octanol–water partition coefficient (Wildman–Crippen LogP) is 0.551. The molecule has 8 nitrogen and oxygen atoms in total. The first-order valence-electron chi connectivity index (χ1n) is 9.23. The molecule has 0 saturated carbocycles. The quantitative estimate of drug-likeness (QED) is 0.348. The van der Waals surface area contributed by atoms with Gasteiger partial charge in [-0.3, -0.25) is 19.9 Å². The summed E-state index contributed by atoms with van der Waals surface area (Å²) in [6, 6.07) is 7.63. The van der Waals surface area contributed by atoms with Gasteiger partial charge in [0.1, 0.15) is 5.84 Å². The van der Waals surface area contributed by atoms with Crippen molar-refractivity contribution >= 4 is 23.4 Å². The molecule has 2 rings (SSSR count). The van der Waals surface area contributed by atoms with E-state index < -0.39 is 0 Å². The van der Waals surface area contributed by atoms with Crippen LogP contribution in [0.2, 0.25) is 0 Å². The van der Waals surface area contributed by atoms with Gasteiger partial charge in [0, 0.05) is 44.0 Å². The van der Waals surface area contributed by atoms with Crippen LogP contribution in [0.15, 0.2) is 24.3 Å². The number of anilines is 1. The van der Waals surface area contributed by atoms with E-state index in [0.29, 0.717) is 18.7 Å². The molecule has 1 heterocycles. The Hall–Kier alpha value is -2.61. The molecule has 4 N–H and O–H groups in total. The molecule has 0 atom stereocenters. The summed E-state index contributed by atoms with van der Waals surface area (Å²) in [4.78, 5) is 27.8. The largest absolute Gasteiger partial charge is 0.463 e. The van der Waals surface area contributed by atoms with Gasteiger partial charge < -0.3 is 20.7 Å². The van der Waals surface area contributed by atoms with Gasteiger partial charge in [0.15, 0.2) is 0 Å². The maximum absolute atomic E-state index is 12.0. The highest BCUT2D eigenvalue weighted by Gasteiger charge is 2.19. The SMILES string of the molecule is CC(C)OC(=O)CCNC(=O)CN1CCN(c2ccc(C(=N)N)cc2)CC1. The Morgan fingerprint density at radius 3 is 2.37 bits per heavy atom. The molecule has 0 aromatic heterocycles. The number of hydrogen-bond donors (Lipinski definition) is 3. The molecular formula is C19H29N5O3. The molecule has 0 bridgehead atoms. The standard InChI is InChI=1S/C19H29N5O3/c1-14(2)27-18(26)7-8-22-17(25)13-23-9-11-24(12-10-23)16-5-3-15(4-6-16)19(20)21/h3-6,14H,7-13H2,1-2H3,(H3,20,21)(H,22,25). The van der Waals surface area contributed by atoms with Crippen LogP contribution in [0.25, 0.3) is 0 Å². The Bertz CT molecular complexity index is 652. The Balaban J connectivity index is 1.68. The third kappa shape index (κ3) is 6.90. The fourth-order valence-corrected chi connectivity index (χ4v) is 2.90. The van der Waals surface area contributed by atoms with E-state index in [1.807, 2.05) is 24.3 Å². The van der Waals surface area contributed by atoms with Crippen LogP contribution in [0.1, 0.15) is 25.8 Å². The first kappa shape index (κ1) is 20.7. The lowest BCUT2D eigenvalue weighted by atomic mass is 10.1. The third-order valence-corrected chi connectivity index (χ3v) is 4.30. The second-order valence-electron chi connectivity index (χ2n) is 6.86. The first-order chi connectivity index (χ1) is 12.8. The van der Waals surface area contributed by atoms with Crippen LogP contribution in [-0.4, -0.2) is 68.0 Å². The van der Waals surface area contributed by atoms with E-state index in [0.717, 1.165) is 31.9 Å². The lowest BCUT2D eigenvalue weighted by Gasteiger charge is -2.35. The number of esters is 1. The molecule has 1 aromatic carbocycles. The van der Waals surface area contributed by atoms with Crippen molar-refractivity contribution in [3.05, 3.63) is 29.8 Å². The predicted molar refractivity (Wildman–Crippen MR) is 105 cm³/mol. The van der Waals surface area contributed by atoms with Gasteiger partial charge in [-0.05, 0) is 38.1 Å². The zero-order chi connectivity index (χ0) is 19.8. The van der Waals surface area contributed by atoms with Crippen LogP contribution in [0, 0.1) is 5.41 Å². The Morgan fingerprint density at radius 2 is 1.81 bits per heavy atom. The molecule has 1 aromatic rings. The average Bonchev–Trinajstić information content (AvgIpc) is 2.62. The number of nitrogens with two attached hydrogens (primary N) is 1. The second-order valence-corrected chi connectivity index (χ2v) is 6.86. The van der Waals surface area contributed by atoms with Gasteiger partial charge in [-0.2, -0.15) is 0 Å². The normalized spacial score (nSPS) is 14.9. The minimum atomic E-state index is -0.297. The minimum Gasteiger partial charge on any atom is -0.463 e. The molecule has 1 aliphatic heterocycles. The molecule has 27 heavy (non-hydrogen) atoms. The highest BCUT2D eigenvalue weighted by Crippen LogP contribution is 2.17. The number of hydrogen-bond acceptors (Lipinski definition) is 6. The molecule has 0 aliphatic carbocycles. The summed E-state index contributed by atoms with van der Waals surface area (Å²) in [5.41, 5.74) is 7.28. The number of rotatable bonds is 8. The van der Waals surface area contributed by atoms with E-state index in [2.05, 4.69) is 15.1 Å². The number of carbonyl (C=O) groups is 2. The van der Waals surface area contributed by atoms with Crippen molar-refractivity contribution in [3.8, 4) is 0 Å². The molecule has 0 radical (unpaired) electrons. The number of ether oxygens (including phenoxy) is 1. The highest BCUT2D eigenvalue weighted by atomic mass is 16.5. The summed E-state index contributed by atoms with van der Waals surface area (Å²) < 4.78 is 5.03. The topological polar surface area (TPSA) is 112 Å². The zero-order valence-corrected chi connectivity index (χ0v) is 16.0. The van der Waals surface area contributed by atoms with E-state index in [-0.39, 0.29) is 30.2 Å². The maximum Gasteiger partial charge on any atom is 0.307 e. The van der Waals surface area contributed by atoms with Crippen LogP contribution in [0.5, 0.6) is 0 Å². The van der Waals surface area contributed by atoms with Gasteiger partial charge >= 0.3 is 5.97 Å². The van der Waals surface area contributed by atoms with Gasteiger partial charge in [-0.25, -0.2) is 0 Å². The van der Waals surface area contributed by atoms with Gasteiger partial charge in [0.25, 0.3) is 0 Å². The summed E-state index contributed by atoms with van der Waals surface area (Å²) in [7, 11) is 0. The lowest BCUT2D eigenvalue weighted by molar-refractivity contribution is -0.147. The van der Waals surface area contributed by atoms with Gasteiger partial charge in [-0.1, -0.05) is 0 Å². The molecule has 148 valence electrons. The van der Waals surface area contributed by atoms with Crippen LogP contribution in [0.3, 0.4) is 0 Å². The van der Waals surface area contributed by atoms with Gasteiger partial charge in [-0.15, -0.1) is 0 Å². The van der Waals surface area contributed by atoms with E-state index in [9.17, 15) is 9.59 Å². The Labute approximate surface area is 160 Å². The number of carbonyl (C=O) groups excluding carboxylic acids is 2. The van der Waals surface area contributed by atoms with E-state index in [1.165, 1.54) is 0 Å². The van der Waals surface area contributed by atoms with Crippen molar-refractivity contribution in [1.29, 1.82) is 5.41 Å². The summed E-state index contributed by atoms with van der Waals surface area (Å²) in [5, 5.41) is 10.2. The molecule has 1 fully saturated rings. The minimum absolute atomic E-state index is 0.0647. The number of nitrogens with zero attached hydrogens (tertiary/aromatic N) is 2. The van der Waals surface area contributed by atoms with Gasteiger partial charge in [0.2, 0.25) is 5.91 Å². The average molecular weight is 375 g/mol. The van der Waals surface area contributed by atoms with Crippen LogP contribution >= 0.6 is 0 Å². The summed E-state index contributed by atoms with van der Waals surface area (Å²) in [5.74, 6) is -0.309. The van der Waals surface area contributed by atoms with Crippen LogP contribution < -0.4 is 16.0 Å². The number of benzene rings is 1. The Kier molecular flexibility index (Phi) is 7.60. The fraction of sp³-hybridized carbons (Fsp3) is 0.526. The second kappa shape index (κ2) is 9.91. The number of piperazine rings is 1. The Morgan fingerprint density at radius 1 is 1.19 bits per heavy atom. The smallest absolute Gasteiger partial charge is 0.307 e. The van der Waals surface area contributed by atoms with Crippen molar-refractivity contribution in [2.45, 2.75) is 26.4 Å². The third-order valence-electron chi connectivity index (χ3n) is 4.30. The maximum atomic E-state index is 12.0. The van der Waals surface area contributed by atoms with Gasteiger partial charge in [0.05, 0.1) is 19.1 Å². The summed E-state index contributed by atoms with van der Waals surface area (Å²) in [6.07, 6.45) is 0.0525.